The van der Waals surface area contributed by atoms with E-state index in [4.69, 9.17) is 10.5 Å². The molecule has 0 saturated carbocycles. The average molecular weight is 329 g/mol. The van der Waals surface area contributed by atoms with Crippen molar-refractivity contribution in [3.8, 4) is 0 Å². The second-order valence-electron chi connectivity index (χ2n) is 5.76. The van der Waals surface area contributed by atoms with Crippen molar-refractivity contribution in [2.45, 2.75) is 6.92 Å². The monoisotopic (exact) mass is 329 g/mol. The smallest absolute Gasteiger partial charge is 0.258 e. The van der Waals surface area contributed by atoms with Crippen LogP contribution in [0.15, 0.2) is 36.4 Å². The van der Waals surface area contributed by atoms with E-state index in [1.165, 1.54) is 12.1 Å². The Kier molecular flexibility index (Phi) is 4.66. The van der Waals surface area contributed by atoms with Crippen LogP contribution in [0.4, 0.5) is 21.5 Å². The zero-order chi connectivity index (χ0) is 17.1. The standard InChI is InChI=1S/C18H20FN3O2/c1-12-10-15(20)17(22-6-8-24-9-7-22)11-16(12)21-18(23)13-4-2-3-5-14(13)19/h2-5,10-11H,6-9,20H2,1H3,(H,21,23). The molecule has 1 aliphatic heterocycles. The molecule has 1 aliphatic rings. The van der Waals surface area contributed by atoms with Crippen LogP contribution in [0.3, 0.4) is 0 Å². The van der Waals surface area contributed by atoms with Crippen LogP contribution in [-0.4, -0.2) is 32.2 Å². The number of carbonyl (C=O) groups is 1. The molecule has 24 heavy (non-hydrogen) atoms. The number of benzene rings is 2. The Morgan fingerprint density at radius 1 is 1.25 bits per heavy atom. The number of rotatable bonds is 3. The summed E-state index contributed by atoms with van der Waals surface area (Å²) in [4.78, 5) is 14.5. The van der Waals surface area contributed by atoms with Gasteiger partial charge in [0.05, 0.1) is 30.2 Å². The van der Waals surface area contributed by atoms with Gasteiger partial charge in [-0.1, -0.05) is 12.1 Å². The van der Waals surface area contributed by atoms with Crippen molar-refractivity contribution in [2.75, 3.05) is 42.3 Å². The minimum absolute atomic E-state index is 0.0154. The SMILES string of the molecule is Cc1cc(N)c(N2CCOCC2)cc1NC(=O)c1ccccc1F. The molecule has 2 aromatic carbocycles. The molecule has 1 amide bonds. The summed E-state index contributed by atoms with van der Waals surface area (Å²) in [6.07, 6.45) is 0. The molecule has 0 unspecified atom stereocenters. The van der Waals surface area contributed by atoms with Gasteiger partial charge in [0, 0.05) is 18.8 Å². The normalized spacial score (nSPS) is 14.5. The molecule has 1 heterocycles. The van der Waals surface area contributed by atoms with Crippen molar-refractivity contribution in [1.82, 2.24) is 0 Å². The van der Waals surface area contributed by atoms with Gasteiger partial charge in [-0.15, -0.1) is 0 Å². The number of carbonyl (C=O) groups excluding carboxylic acids is 1. The number of halogens is 1. The number of nitrogen functional groups attached to an aromatic ring is 1. The molecular formula is C18H20FN3O2. The molecular weight excluding hydrogens is 309 g/mol. The summed E-state index contributed by atoms with van der Waals surface area (Å²) in [6.45, 7) is 4.63. The summed E-state index contributed by atoms with van der Waals surface area (Å²) in [5, 5.41) is 2.78. The molecule has 5 nitrogen and oxygen atoms in total. The van der Waals surface area contributed by atoms with E-state index in [-0.39, 0.29) is 5.56 Å². The lowest BCUT2D eigenvalue weighted by atomic mass is 10.1. The number of anilines is 3. The van der Waals surface area contributed by atoms with Crippen LogP contribution in [0, 0.1) is 12.7 Å². The fraction of sp³-hybridized carbons (Fsp3) is 0.278. The third kappa shape index (κ3) is 3.33. The number of amides is 1. The predicted octanol–water partition coefficient (Wildman–Crippen LogP) is 2.81. The van der Waals surface area contributed by atoms with Crippen molar-refractivity contribution < 1.29 is 13.9 Å². The minimum atomic E-state index is -0.545. The Morgan fingerprint density at radius 2 is 1.96 bits per heavy atom. The van der Waals surface area contributed by atoms with Crippen LogP contribution >= 0.6 is 0 Å². The number of nitrogens with two attached hydrogens (primary N) is 1. The number of nitrogens with one attached hydrogen (secondary N) is 1. The van der Waals surface area contributed by atoms with Gasteiger partial charge in [-0.2, -0.15) is 0 Å². The fourth-order valence-electron chi connectivity index (χ4n) is 2.77. The lowest BCUT2D eigenvalue weighted by Crippen LogP contribution is -2.36. The van der Waals surface area contributed by atoms with Crippen LogP contribution in [0.2, 0.25) is 0 Å². The van der Waals surface area contributed by atoms with E-state index < -0.39 is 11.7 Å². The molecule has 3 N–H and O–H groups in total. The highest BCUT2D eigenvalue weighted by Crippen LogP contribution is 2.31. The number of morpholine rings is 1. The maximum Gasteiger partial charge on any atom is 0.258 e. The summed E-state index contributed by atoms with van der Waals surface area (Å²) in [5.41, 5.74) is 9.10. The molecule has 1 fully saturated rings. The van der Waals surface area contributed by atoms with Gasteiger partial charge >= 0.3 is 0 Å². The fourth-order valence-corrected chi connectivity index (χ4v) is 2.77. The van der Waals surface area contributed by atoms with E-state index in [0.717, 1.165) is 24.3 Å². The predicted molar refractivity (Wildman–Crippen MR) is 93.0 cm³/mol. The minimum Gasteiger partial charge on any atom is -0.397 e. The Hall–Kier alpha value is -2.60. The molecule has 0 aliphatic carbocycles. The first-order chi connectivity index (χ1) is 11.6. The number of hydrogen-bond donors (Lipinski definition) is 2. The number of ether oxygens (including phenoxy) is 1. The highest BCUT2D eigenvalue weighted by Gasteiger charge is 2.17. The van der Waals surface area contributed by atoms with Gasteiger partial charge in [-0.05, 0) is 36.8 Å². The van der Waals surface area contributed by atoms with E-state index in [9.17, 15) is 9.18 Å². The lowest BCUT2D eigenvalue weighted by molar-refractivity contribution is 0.102. The molecule has 0 bridgehead atoms. The summed E-state index contributed by atoms with van der Waals surface area (Å²) in [6, 6.07) is 9.57. The Labute approximate surface area is 140 Å². The summed E-state index contributed by atoms with van der Waals surface area (Å²) < 4.78 is 19.1. The largest absolute Gasteiger partial charge is 0.397 e. The van der Waals surface area contributed by atoms with Crippen molar-refractivity contribution >= 4 is 23.0 Å². The molecule has 0 atom stereocenters. The third-order valence-corrected chi connectivity index (χ3v) is 4.09. The van der Waals surface area contributed by atoms with E-state index >= 15 is 0 Å². The highest BCUT2D eigenvalue weighted by atomic mass is 19.1. The molecule has 0 spiro atoms. The van der Waals surface area contributed by atoms with Crippen LogP contribution < -0.4 is 16.0 Å². The molecule has 1 saturated heterocycles. The van der Waals surface area contributed by atoms with Crippen LogP contribution in [-0.2, 0) is 4.74 Å². The molecule has 2 aromatic rings. The van der Waals surface area contributed by atoms with Crippen LogP contribution in [0.25, 0.3) is 0 Å². The lowest BCUT2D eigenvalue weighted by Gasteiger charge is -2.30. The van der Waals surface area contributed by atoms with Crippen molar-refractivity contribution in [3.63, 3.8) is 0 Å². The molecule has 0 aromatic heterocycles. The molecule has 3 rings (SSSR count). The van der Waals surface area contributed by atoms with E-state index in [1.54, 1.807) is 12.1 Å². The molecule has 0 radical (unpaired) electrons. The summed E-state index contributed by atoms with van der Waals surface area (Å²) in [5.74, 6) is -1.02. The maximum atomic E-state index is 13.8. The zero-order valence-corrected chi connectivity index (χ0v) is 13.5. The molecule has 126 valence electrons. The van der Waals surface area contributed by atoms with Crippen molar-refractivity contribution in [3.05, 3.63) is 53.3 Å². The van der Waals surface area contributed by atoms with Crippen molar-refractivity contribution in [1.29, 1.82) is 0 Å². The maximum absolute atomic E-state index is 13.8. The van der Waals surface area contributed by atoms with E-state index in [1.807, 2.05) is 19.1 Å². The number of hydrogen-bond acceptors (Lipinski definition) is 4. The van der Waals surface area contributed by atoms with Gasteiger partial charge in [-0.25, -0.2) is 4.39 Å². The molecule has 6 heteroatoms. The summed E-state index contributed by atoms with van der Waals surface area (Å²) in [7, 11) is 0. The van der Waals surface area contributed by atoms with Crippen LogP contribution in [0.1, 0.15) is 15.9 Å². The Morgan fingerprint density at radius 3 is 2.67 bits per heavy atom. The Bertz CT molecular complexity index is 758. The van der Waals surface area contributed by atoms with Gasteiger partial charge in [0.1, 0.15) is 5.82 Å². The second kappa shape index (κ2) is 6.88. The van der Waals surface area contributed by atoms with Gasteiger partial charge in [0.2, 0.25) is 0 Å². The third-order valence-electron chi connectivity index (χ3n) is 4.09. The highest BCUT2D eigenvalue weighted by molar-refractivity contribution is 6.05. The second-order valence-corrected chi connectivity index (χ2v) is 5.76. The first-order valence-corrected chi connectivity index (χ1v) is 7.85. The quantitative estimate of drug-likeness (QED) is 0.850. The van der Waals surface area contributed by atoms with Crippen LogP contribution in [0.5, 0.6) is 0 Å². The zero-order valence-electron chi connectivity index (χ0n) is 13.5. The first-order valence-electron chi connectivity index (χ1n) is 7.85. The number of aryl methyl sites for hydroxylation is 1. The number of nitrogens with zero attached hydrogens (tertiary/aromatic N) is 1. The van der Waals surface area contributed by atoms with E-state index in [2.05, 4.69) is 10.2 Å². The van der Waals surface area contributed by atoms with E-state index in [0.29, 0.717) is 24.6 Å². The average Bonchev–Trinajstić information content (AvgIpc) is 2.58. The van der Waals surface area contributed by atoms with Gasteiger partial charge < -0.3 is 20.7 Å². The topological polar surface area (TPSA) is 67.6 Å². The van der Waals surface area contributed by atoms with Gasteiger partial charge in [-0.3, -0.25) is 4.79 Å². The Balaban J connectivity index is 1.87. The first kappa shape index (κ1) is 16.3. The van der Waals surface area contributed by atoms with Crippen molar-refractivity contribution in [2.24, 2.45) is 0 Å². The summed E-state index contributed by atoms with van der Waals surface area (Å²) >= 11 is 0. The van der Waals surface area contributed by atoms with Gasteiger partial charge in [0.25, 0.3) is 5.91 Å². The van der Waals surface area contributed by atoms with Gasteiger partial charge in [0.15, 0.2) is 0 Å².